The number of hydrogen-bond acceptors (Lipinski definition) is 4. The summed E-state index contributed by atoms with van der Waals surface area (Å²) in [7, 11) is 0. The van der Waals surface area contributed by atoms with Gasteiger partial charge in [0.25, 0.3) is 0 Å². The Morgan fingerprint density at radius 1 is 1.00 bits per heavy atom. The van der Waals surface area contributed by atoms with Gasteiger partial charge >= 0.3 is 0 Å². The molecule has 1 aliphatic carbocycles. The molecule has 0 atom stereocenters. The Labute approximate surface area is 269 Å². The molecule has 7 rings (SSSR count). The number of allylic oxidation sites excluding steroid dienone is 1. The van der Waals surface area contributed by atoms with Crippen LogP contribution in [0.15, 0.2) is 87.9 Å². The molecule has 5 aromatic rings. The van der Waals surface area contributed by atoms with E-state index in [4.69, 9.17) is 23.6 Å². The second-order valence-corrected chi connectivity index (χ2v) is 9.34. The van der Waals surface area contributed by atoms with Crippen molar-refractivity contribution >= 4 is 27.8 Å². The maximum absolute atomic E-state index is 8.70. The van der Waals surface area contributed by atoms with Crippen LogP contribution in [0.1, 0.15) is 93.7 Å². The number of hydrogen-bond donors (Lipinski definition) is 0. The maximum Gasteiger partial charge on any atom is 0.216 e. The van der Waals surface area contributed by atoms with Gasteiger partial charge in [-0.15, -0.1) is 53.5 Å². The molecule has 0 spiro atoms. The van der Waals surface area contributed by atoms with E-state index in [2.05, 4.69) is 27.1 Å². The molecule has 3 aromatic heterocycles. The Morgan fingerprint density at radius 2 is 1.93 bits per heavy atom. The van der Waals surface area contributed by atoms with Gasteiger partial charge in [0.05, 0.1) is 11.1 Å². The Morgan fingerprint density at radius 3 is 2.75 bits per heavy atom. The predicted octanol–water partition coefficient (Wildman–Crippen LogP) is 9.17. The van der Waals surface area contributed by atoms with Gasteiger partial charge in [0.15, 0.2) is 0 Å². The third kappa shape index (κ3) is 6.16. The SMILES string of the molecule is [2H]c1[c-]c(C2=NC=C(C([2H])([2H])[2H])CC2)c([2H])c([2H])c1C1([2H])CCCCC1.[2H]c1nc(-c2[c-]ccc3c2oc2nc(C([2H])([2H])[2H])ccc23)c([2H])c([2H])c1[2H].[Ir]. The monoisotopic (exact) mass is 718 g/mol. The molecule has 0 saturated heterocycles. The van der Waals surface area contributed by atoms with Crippen molar-refractivity contribution in [3.63, 3.8) is 0 Å². The summed E-state index contributed by atoms with van der Waals surface area (Å²) in [5.74, 6) is -0.986. The van der Waals surface area contributed by atoms with Crippen LogP contribution in [-0.2, 0) is 20.1 Å². The van der Waals surface area contributed by atoms with Gasteiger partial charge < -0.3 is 14.4 Å². The Balaban J connectivity index is 0.000000204. The van der Waals surface area contributed by atoms with E-state index in [1.54, 1.807) is 18.2 Å². The van der Waals surface area contributed by atoms with Crippen molar-refractivity contribution in [2.45, 2.75) is 64.5 Å². The van der Waals surface area contributed by atoms with Gasteiger partial charge in [-0.25, -0.2) is 4.98 Å². The van der Waals surface area contributed by atoms with E-state index < -0.39 is 37.9 Å². The van der Waals surface area contributed by atoms with Gasteiger partial charge in [0.2, 0.25) is 5.71 Å². The summed E-state index contributed by atoms with van der Waals surface area (Å²) in [6, 6.07) is 10.8. The average molecular weight is 718 g/mol. The van der Waals surface area contributed by atoms with E-state index in [1.807, 2.05) is 0 Å². The fourth-order valence-corrected chi connectivity index (χ4v) is 4.74. The minimum Gasteiger partial charge on any atom is -0.486 e. The minimum absolute atomic E-state index is 0. The maximum atomic E-state index is 8.70. The van der Waals surface area contributed by atoms with Crippen molar-refractivity contribution < 1.29 is 43.7 Å². The number of furan rings is 1. The van der Waals surface area contributed by atoms with Crippen LogP contribution < -0.4 is 0 Å². The van der Waals surface area contributed by atoms with Crippen LogP contribution in [0, 0.1) is 19.0 Å². The van der Waals surface area contributed by atoms with Crippen LogP contribution in [0.5, 0.6) is 0 Å². The van der Waals surface area contributed by atoms with E-state index in [-0.39, 0.29) is 83.7 Å². The smallest absolute Gasteiger partial charge is 0.216 e. The van der Waals surface area contributed by atoms with E-state index in [1.165, 1.54) is 12.3 Å². The molecule has 4 nitrogen and oxygen atoms in total. The molecule has 1 radical (unpaired) electrons. The third-order valence-corrected chi connectivity index (χ3v) is 6.73. The van der Waals surface area contributed by atoms with Crippen LogP contribution >= 0.6 is 0 Å². The first kappa shape index (κ1) is 15.6. The molecule has 1 saturated carbocycles. The number of fused-ring (bicyclic) bond motifs is 3. The van der Waals surface area contributed by atoms with Gasteiger partial charge in [-0.05, 0) is 57.5 Å². The zero-order chi connectivity index (χ0) is 38.6. The number of nitrogens with zero attached hydrogens (tertiary/aromatic N) is 3. The van der Waals surface area contributed by atoms with Crippen molar-refractivity contribution in [2.75, 3.05) is 0 Å². The molecule has 1 fully saturated rings. The fraction of sp³-hybridized carbons (Fsp3) is 0.286. The molecule has 0 N–H and O–H groups in total. The molecular formula is C35H33IrN3O-2. The number of benzene rings is 2. The number of rotatable bonds is 3. The van der Waals surface area contributed by atoms with E-state index >= 15 is 0 Å². The number of aromatic nitrogens is 2. The van der Waals surface area contributed by atoms with Gasteiger partial charge in [-0.2, -0.15) is 0 Å². The predicted molar refractivity (Wildman–Crippen MR) is 159 cm³/mol. The molecular weight excluding hydrogens is 671 g/mol. The van der Waals surface area contributed by atoms with Crippen molar-refractivity contribution in [3.8, 4) is 11.3 Å². The van der Waals surface area contributed by atoms with Crippen LogP contribution in [-0.4, -0.2) is 15.7 Å². The average Bonchev–Trinajstić information content (AvgIpc) is 3.49. The minimum atomic E-state index is -2.37. The molecule has 1 aliphatic heterocycles. The number of pyridine rings is 2. The fourth-order valence-electron chi connectivity index (χ4n) is 4.74. The molecule has 5 heteroatoms. The third-order valence-electron chi connectivity index (χ3n) is 6.73. The zero-order valence-electron chi connectivity index (χ0n) is 35.4. The van der Waals surface area contributed by atoms with Crippen molar-refractivity contribution in [1.29, 1.82) is 0 Å². The molecule has 0 amide bonds. The van der Waals surface area contributed by atoms with Gasteiger partial charge in [0, 0.05) is 55.9 Å². The second kappa shape index (κ2) is 12.8. The second-order valence-electron chi connectivity index (χ2n) is 9.34. The summed E-state index contributed by atoms with van der Waals surface area (Å²) in [5, 5.41) is 1.21. The topological polar surface area (TPSA) is 51.3 Å². The summed E-state index contributed by atoms with van der Waals surface area (Å²) in [4.78, 5) is 12.2. The summed E-state index contributed by atoms with van der Waals surface area (Å²) < 4.78 is 116. The molecule has 2 aromatic carbocycles. The number of aryl methyl sites for hydroxylation is 1. The summed E-state index contributed by atoms with van der Waals surface area (Å²) in [6.45, 7) is -4.55. The first-order chi connectivity index (χ1) is 24.8. The summed E-state index contributed by atoms with van der Waals surface area (Å²) >= 11 is 0. The normalized spacial score (nSPS) is 22.0. The summed E-state index contributed by atoms with van der Waals surface area (Å²) in [5.41, 5.74) is 1.90. The molecule has 2 aliphatic rings. The van der Waals surface area contributed by atoms with E-state index in [0.717, 1.165) is 19.3 Å². The molecule has 4 heterocycles. The Kier molecular flexibility index (Phi) is 5.00. The van der Waals surface area contributed by atoms with Crippen molar-refractivity contribution in [1.82, 2.24) is 9.97 Å². The molecule has 0 bridgehead atoms. The molecule has 205 valence electrons. The van der Waals surface area contributed by atoms with Crippen LogP contribution in [0.2, 0.25) is 0 Å². The van der Waals surface area contributed by atoms with Crippen LogP contribution in [0.25, 0.3) is 33.3 Å². The van der Waals surface area contributed by atoms with Crippen LogP contribution in [0.4, 0.5) is 0 Å². The van der Waals surface area contributed by atoms with E-state index in [9.17, 15) is 0 Å². The van der Waals surface area contributed by atoms with Crippen molar-refractivity contribution in [2.24, 2.45) is 4.99 Å². The van der Waals surface area contributed by atoms with Crippen molar-refractivity contribution in [3.05, 3.63) is 107 Å². The standard InChI is InChI=1S/C18H22N.C17H11N2O.Ir/c1-14-7-12-18(19-13-14)17-10-8-16(9-11-17)15-5-3-2-4-6-15;1-11-8-9-13-12-5-4-6-14(15-7-2-3-10-18-15)16(12)20-17(13)19-11;/h8-10,13,15H,2-7,12H2,1H3;2-5,7-10H,1H3;/q2*-1;/i1D3,8D,9D,10D,15D;1D3,2D,3D,7D,10D;. The largest absolute Gasteiger partial charge is 0.486 e. The summed E-state index contributed by atoms with van der Waals surface area (Å²) in [6.07, 6.45) is 5.60. The van der Waals surface area contributed by atoms with Gasteiger partial charge in [-0.1, -0.05) is 66.6 Å². The van der Waals surface area contributed by atoms with Gasteiger partial charge in [-0.3, -0.25) is 0 Å². The van der Waals surface area contributed by atoms with Gasteiger partial charge in [0.1, 0.15) is 0 Å². The quantitative estimate of drug-likeness (QED) is 0.175. The molecule has 40 heavy (non-hydrogen) atoms. The molecule has 0 unspecified atom stereocenters. The number of aliphatic imine (C=N–C) groups is 1. The first-order valence-electron chi connectivity index (χ1n) is 19.8. The first-order valence-corrected chi connectivity index (χ1v) is 12.8. The zero-order valence-corrected chi connectivity index (χ0v) is 23.8. The Hall–Kier alpha value is -3.40. The Bertz CT molecular complexity index is 2310. The van der Waals surface area contributed by atoms with E-state index in [0.29, 0.717) is 47.7 Å². The van der Waals surface area contributed by atoms with Crippen LogP contribution in [0.3, 0.4) is 0 Å².